The third kappa shape index (κ3) is 6.16. The molecule has 2 aromatic rings. The van der Waals surface area contributed by atoms with Gasteiger partial charge in [-0.05, 0) is 62.2 Å². The van der Waals surface area contributed by atoms with Gasteiger partial charge in [0.2, 0.25) is 5.91 Å². The highest BCUT2D eigenvalue weighted by molar-refractivity contribution is 6.35. The smallest absolute Gasteiger partial charge is 0.378 e. The highest BCUT2D eigenvalue weighted by atomic mass is 35.5. The Morgan fingerprint density at radius 3 is 2.46 bits per heavy atom. The SMILES string of the molecule is CC(Nc1cc(N2CCN(C(=O)C3CCCCN3)CC2)ccc1C(F)(F)F)c1ccc(Cl)cc1Cl. The quantitative estimate of drug-likeness (QED) is 0.501. The molecule has 190 valence electrons. The minimum Gasteiger partial charge on any atom is -0.378 e. The number of anilines is 2. The van der Waals surface area contributed by atoms with Crippen LogP contribution in [0.25, 0.3) is 0 Å². The number of benzene rings is 2. The molecule has 0 aliphatic carbocycles. The molecule has 1 amide bonds. The van der Waals surface area contributed by atoms with Crippen LogP contribution in [0.3, 0.4) is 0 Å². The van der Waals surface area contributed by atoms with Gasteiger partial charge in [0.05, 0.1) is 17.6 Å². The summed E-state index contributed by atoms with van der Waals surface area (Å²) in [7, 11) is 0. The van der Waals surface area contributed by atoms with Crippen molar-refractivity contribution < 1.29 is 18.0 Å². The Kier molecular flexibility index (Phi) is 8.03. The number of amides is 1. The molecular formula is C25H29Cl2F3N4O. The Labute approximate surface area is 213 Å². The number of hydrogen-bond donors (Lipinski definition) is 2. The van der Waals surface area contributed by atoms with E-state index in [0.29, 0.717) is 47.5 Å². The second-order valence-electron chi connectivity index (χ2n) is 9.07. The van der Waals surface area contributed by atoms with Crippen molar-refractivity contribution in [1.29, 1.82) is 0 Å². The Morgan fingerprint density at radius 1 is 1.09 bits per heavy atom. The molecule has 2 atom stereocenters. The van der Waals surface area contributed by atoms with Crippen molar-refractivity contribution in [2.75, 3.05) is 42.9 Å². The van der Waals surface area contributed by atoms with Crippen LogP contribution in [0.4, 0.5) is 24.5 Å². The molecule has 2 saturated heterocycles. The normalized spacial score (nSPS) is 20.0. The van der Waals surface area contributed by atoms with Gasteiger partial charge in [0.25, 0.3) is 0 Å². The summed E-state index contributed by atoms with van der Waals surface area (Å²) in [6.45, 7) is 4.81. The fraction of sp³-hybridized carbons (Fsp3) is 0.480. The monoisotopic (exact) mass is 528 g/mol. The van der Waals surface area contributed by atoms with E-state index in [1.165, 1.54) is 12.1 Å². The lowest BCUT2D eigenvalue weighted by Crippen LogP contribution is -2.55. The number of hydrogen-bond acceptors (Lipinski definition) is 4. The maximum absolute atomic E-state index is 13.8. The minimum absolute atomic E-state index is 0.0153. The van der Waals surface area contributed by atoms with Crippen LogP contribution in [0.15, 0.2) is 36.4 Å². The second-order valence-corrected chi connectivity index (χ2v) is 9.92. The molecule has 2 aromatic carbocycles. The van der Waals surface area contributed by atoms with Crippen molar-refractivity contribution in [2.24, 2.45) is 0 Å². The lowest BCUT2D eigenvalue weighted by molar-refractivity contribution is -0.137. The Bertz CT molecular complexity index is 1050. The molecule has 2 heterocycles. The molecule has 10 heteroatoms. The first-order valence-electron chi connectivity index (χ1n) is 11.8. The second kappa shape index (κ2) is 10.8. The number of piperidine rings is 1. The zero-order valence-electron chi connectivity index (χ0n) is 19.5. The van der Waals surface area contributed by atoms with Crippen molar-refractivity contribution in [3.63, 3.8) is 0 Å². The van der Waals surface area contributed by atoms with E-state index < -0.39 is 17.8 Å². The van der Waals surface area contributed by atoms with Gasteiger partial charge < -0.3 is 20.4 Å². The number of carbonyl (C=O) groups excluding carboxylic acids is 1. The predicted octanol–water partition coefficient (Wildman–Crippen LogP) is 5.98. The molecule has 0 aromatic heterocycles. The number of rotatable bonds is 5. The molecular weight excluding hydrogens is 500 g/mol. The van der Waals surface area contributed by atoms with Gasteiger partial charge >= 0.3 is 6.18 Å². The van der Waals surface area contributed by atoms with Gasteiger partial charge in [-0.15, -0.1) is 0 Å². The molecule has 2 fully saturated rings. The van der Waals surface area contributed by atoms with Gasteiger partial charge in [0.1, 0.15) is 0 Å². The zero-order chi connectivity index (χ0) is 25.2. The van der Waals surface area contributed by atoms with E-state index in [-0.39, 0.29) is 17.6 Å². The molecule has 2 aliphatic heterocycles. The van der Waals surface area contributed by atoms with Crippen molar-refractivity contribution in [1.82, 2.24) is 10.2 Å². The maximum Gasteiger partial charge on any atom is 0.418 e. The largest absolute Gasteiger partial charge is 0.418 e. The molecule has 2 aliphatic rings. The van der Waals surface area contributed by atoms with Gasteiger partial charge in [-0.2, -0.15) is 13.2 Å². The number of halogens is 5. The third-order valence-electron chi connectivity index (χ3n) is 6.67. The maximum atomic E-state index is 13.8. The lowest BCUT2D eigenvalue weighted by atomic mass is 10.0. The lowest BCUT2D eigenvalue weighted by Gasteiger charge is -2.38. The van der Waals surface area contributed by atoms with Crippen LogP contribution >= 0.6 is 23.2 Å². The van der Waals surface area contributed by atoms with Crippen molar-refractivity contribution in [2.45, 2.75) is 44.4 Å². The van der Waals surface area contributed by atoms with Gasteiger partial charge in [0, 0.05) is 47.6 Å². The van der Waals surface area contributed by atoms with E-state index in [9.17, 15) is 18.0 Å². The van der Waals surface area contributed by atoms with Gasteiger partial charge in [-0.25, -0.2) is 0 Å². The summed E-state index contributed by atoms with van der Waals surface area (Å²) < 4.78 is 41.3. The summed E-state index contributed by atoms with van der Waals surface area (Å²) in [5.41, 5.74) is 0.574. The Hall–Kier alpha value is -2.16. The van der Waals surface area contributed by atoms with E-state index in [1.807, 2.05) is 9.80 Å². The van der Waals surface area contributed by atoms with Crippen LogP contribution in [0, 0.1) is 0 Å². The van der Waals surface area contributed by atoms with Crippen molar-refractivity contribution >= 4 is 40.5 Å². The van der Waals surface area contributed by atoms with E-state index in [2.05, 4.69) is 10.6 Å². The fourth-order valence-corrected chi connectivity index (χ4v) is 5.30. The van der Waals surface area contributed by atoms with Crippen LogP contribution in [-0.4, -0.2) is 49.6 Å². The third-order valence-corrected chi connectivity index (χ3v) is 7.24. The van der Waals surface area contributed by atoms with Crippen LogP contribution in [0.5, 0.6) is 0 Å². The van der Waals surface area contributed by atoms with Crippen LogP contribution < -0.4 is 15.5 Å². The minimum atomic E-state index is -4.51. The van der Waals surface area contributed by atoms with Gasteiger partial charge in [0.15, 0.2) is 0 Å². The first-order valence-corrected chi connectivity index (χ1v) is 12.6. The molecule has 0 radical (unpaired) electrons. The molecule has 2 N–H and O–H groups in total. The molecule has 4 rings (SSSR count). The Morgan fingerprint density at radius 2 is 1.83 bits per heavy atom. The number of carbonyl (C=O) groups is 1. The molecule has 0 spiro atoms. The predicted molar refractivity (Wildman–Crippen MR) is 134 cm³/mol. The molecule has 0 saturated carbocycles. The molecule has 35 heavy (non-hydrogen) atoms. The van der Waals surface area contributed by atoms with E-state index in [4.69, 9.17) is 23.2 Å². The van der Waals surface area contributed by atoms with Gasteiger partial charge in [-0.3, -0.25) is 4.79 Å². The zero-order valence-corrected chi connectivity index (χ0v) is 21.0. The summed E-state index contributed by atoms with van der Waals surface area (Å²) >= 11 is 12.2. The van der Waals surface area contributed by atoms with Crippen molar-refractivity contribution in [3.8, 4) is 0 Å². The first-order chi connectivity index (χ1) is 16.6. The average Bonchev–Trinajstić information content (AvgIpc) is 2.83. The van der Waals surface area contributed by atoms with Gasteiger partial charge in [-0.1, -0.05) is 35.7 Å². The summed E-state index contributed by atoms with van der Waals surface area (Å²) in [6, 6.07) is 8.46. The van der Waals surface area contributed by atoms with Crippen LogP contribution in [0.1, 0.15) is 43.4 Å². The fourth-order valence-electron chi connectivity index (χ4n) is 4.73. The van der Waals surface area contributed by atoms with E-state index in [0.717, 1.165) is 31.9 Å². The standard InChI is InChI=1S/C25H29Cl2F3N4O/c1-16(19-7-5-17(26)14-21(19)27)32-23-15-18(6-8-20(23)25(28,29)30)33-10-12-34(13-11-33)24(35)22-4-2-3-9-31-22/h5-8,14-16,22,31-32H,2-4,9-13H2,1H3. The van der Waals surface area contributed by atoms with E-state index >= 15 is 0 Å². The number of nitrogens with zero attached hydrogens (tertiary/aromatic N) is 2. The van der Waals surface area contributed by atoms with Crippen LogP contribution in [0.2, 0.25) is 10.0 Å². The molecule has 2 unspecified atom stereocenters. The number of piperazine rings is 1. The first kappa shape index (κ1) is 25.9. The van der Waals surface area contributed by atoms with Crippen molar-refractivity contribution in [3.05, 3.63) is 57.6 Å². The van der Waals surface area contributed by atoms with E-state index in [1.54, 1.807) is 25.1 Å². The number of alkyl halides is 3. The highest BCUT2D eigenvalue weighted by Gasteiger charge is 2.35. The Balaban J connectivity index is 1.49. The highest BCUT2D eigenvalue weighted by Crippen LogP contribution is 2.39. The molecule has 0 bridgehead atoms. The summed E-state index contributed by atoms with van der Waals surface area (Å²) in [4.78, 5) is 16.7. The van der Waals surface area contributed by atoms with Crippen LogP contribution in [-0.2, 0) is 11.0 Å². The summed E-state index contributed by atoms with van der Waals surface area (Å²) in [6.07, 6.45) is -1.53. The molecule has 5 nitrogen and oxygen atoms in total. The average molecular weight is 529 g/mol. The topological polar surface area (TPSA) is 47.6 Å². The summed E-state index contributed by atoms with van der Waals surface area (Å²) in [5.74, 6) is 0.118. The summed E-state index contributed by atoms with van der Waals surface area (Å²) in [5, 5.41) is 7.13. The number of nitrogens with one attached hydrogen (secondary N) is 2.